The smallest absolute Gasteiger partial charge is 0.137 e. The Labute approximate surface area is 287 Å². The van der Waals surface area contributed by atoms with Crippen LogP contribution in [-0.4, -0.2) is 0 Å². The van der Waals surface area contributed by atoms with E-state index in [0.717, 1.165) is 39.0 Å². The van der Waals surface area contributed by atoms with Gasteiger partial charge in [-0.05, 0) is 87.6 Å². The van der Waals surface area contributed by atoms with Gasteiger partial charge in [0.05, 0.1) is 10.4 Å². The van der Waals surface area contributed by atoms with E-state index in [9.17, 15) is 0 Å². The van der Waals surface area contributed by atoms with E-state index in [1.165, 1.54) is 53.2 Å². The van der Waals surface area contributed by atoms with E-state index in [1.807, 2.05) is 23.5 Å². The van der Waals surface area contributed by atoms with Crippen LogP contribution < -0.4 is 4.90 Å². The molecule has 0 spiro atoms. The summed E-state index contributed by atoms with van der Waals surface area (Å²) in [5.41, 5.74) is 9.96. The van der Waals surface area contributed by atoms with Gasteiger partial charge >= 0.3 is 0 Å². The Morgan fingerprint density at radius 1 is 0.388 bits per heavy atom. The third-order valence-electron chi connectivity index (χ3n) is 9.65. The molecule has 10 rings (SSSR count). The Kier molecular flexibility index (Phi) is 6.39. The molecule has 3 heteroatoms. The average Bonchev–Trinajstić information content (AvgIpc) is 3.74. The predicted molar refractivity (Wildman–Crippen MR) is 210 cm³/mol. The number of furan rings is 1. The minimum absolute atomic E-state index is 0.885. The molecule has 0 bridgehead atoms. The summed E-state index contributed by atoms with van der Waals surface area (Å²) in [5.74, 6) is 0. The van der Waals surface area contributed by atoms with Gasteiger partial charge in [-0.25, -0.2) is 0 Å². The van der Waals surface area contributed by atoms with Crippen molar-refractivity contribution in [2.24, 2.45) is 0 Å². The highest BCUT2D eigenvalue weighted by atomic mass is 32.1. The molecule has 0 atom stereocenters. The number of hydrogen-bond acceptors (Lipinski definition) is 3. The molecule has 2 heterocycles. The average molecular weight is 644 g/mol. The number of para-hydroxylation sites is 1. The minimum Gasteiger partial charge on any atom is -0.456 e. The molecule has 49 heavy (non-hydrogen) atoms. The highest BCUT2D eigenvalue weighted by Crippen LogP contribution is 2.46. The normalized spacial score (nSPS) is 11.7. The molecule has 0 fully saturated rings. The predicted octanol–water partition coefficient (Wildman–Crippen LogP) is 13.9. The molecule has 0 N–H and O–H groups in total. The second kappa shape index (κ2) is 11.2. The third kappa shape index (κ3) is 4.70. The zero-order valence-corrected chi connectivity index (χ0v) is 27.3. The van der Waals surface area contributed by atoms with Crippen LogP contribution in [0.1, 0.15) is 0 Å². The van der Waals surface area contributed by atoms with Gasteiger partial charge in [0.2, 0.25) is 0 Å². The standard InChI is InChI=1S/C46H29NOS/c1-2-9-30(10-3-1)32-17-19-35-28-33(18-20-34(35)27-32)31-21-23-36(24-22-31)47(37-25-26-39-38-11-4-6-15-43(38)48-44(39)29-37)42-14-8-13-41-40-12-5-7-16-45(40)49-46(41)42/h1-29H. The van der Waals surface area contributed by atoms with E-state index in [0.29, 0.717) is 0 Å². The molecule has 0 radical (unpaired) electrons. The minimum atomic E-state index is 0.885. The van der Waals surface area contributed by atoms with Crippen molar-refractivity contribution in [3.63, 3.8) is 0 Å². The van der Waals surface area contributed by atoms with Crippen LogP contribution in [0.5, 0.6) is 0 Å². The first kappa shape index (κ1) is 27.9. The van der Waals surface area contributed by atoms with Gasteiger partial charge in [-0.15, -0.1) is 11.3 Å². The maximum Gasteiger partial charge on any atom is 0.137 e. The Morgan fingerprint density at radius 2 is 1.00 bits per heavy atom. The van der Waals surface area contributed by atoms with Crippen molar-refractivity contribution in [3.8, 4) is 22.3 Å². The molecule has 0 saturated heterocycles. The topological polar surface area (TPSA) is 16.4 Å². The van der Waals surface area contributed by atoms with Crippen LogP contribution in [-0.2, 0) is 0 Å². The van der Waals surface area contributed by atoms with Crippen LogP contribution >= 0.6 is 11.3 Å². The van der Waals surface area contributed by atoms with E-state index in [1.54, 1.807) is 0 Å². The van der Waals surface area contributed by atoms with Gasteiger partial charge in [0.15, 0.2) is 0 Å². The first-order chi connectivity index (χ1) is 24.3. The molecule has 8 aromatic carbocycles. The largest absolute Gasteiger partial charge is 0.456 e. The van der Waals surface area contributed by atoms with Crippen molar-refractivity contribution in [1.82, 2.24) is 0 Å². The molecule has 0 saturated carbocycles. The number of thiophene rings is 1. The van der Waals surface area contributed by atoms with Crippen molar-refractivity contribution in [3.05, 3.63) is 176 Å². The Hall–Kier alpha value is -6.16. The molecule has 2 aromatic heterocycles. The number of hydrogen-bond donors (Lipinski definition) is 0. The first-order valence-corrected chi connectivity index (χ1v) is 17.4. The van der Waals surface area contributed by atoms with Gasteiger partial charge in [0.25, 0.3) is 0 Å². The molecule has 0 unspecified atom stereocenters. The van der Waals surface area contributed by atoms with Crippen molar-refractivity contribution >= 4 is 81.3 Å². The summed E-state index contributed by atoms with van der Waals surface area (Å²) in [6, 6.07) is 63.3. The van der Waals surface area contributed by atoms with Crippen LogP contribution in [0.2, 0.25) is 0 Å². The number of benzene rings is 8. The molecule has 0 amide bonds. The van der Waals surface area contributed by atoms with Crippen molar-refractivity contribution in [1.29, 1.82) is 0 Å². The van der Waals surface area contributed by atoms with Gasteiger partial charge in [0.1, 0.15) is 11.2 Å². The zero-order chi connectivity index (χ0) is 32.3. The van der Waals surface area contributed by atoms with Crippen LogP contribution in [0.4, 0.5) is 17.1 Å². The Morgan fingerprint density at radius 3 is 1.80 bits per heavy atom. The summed E-state index contributed by atoms with van der Waals surface area (Å²) < 4.78 is 8.93. The summed E-state index contributed by atoms with van der Waals surface area (Å²) in [5, 5.41) is 7.31. The van der Waals surface area contributed by atoms with E-state index in [-0.39, 0.29) is 0 Å². The Bertz CT molecular complexity index is 2830. The maximum absolute atomic E-state index is 6.37. The number of nitrogens with zero attached hydrogens (tertiary/aromatic N) is 1. The summed E-state index contributed by atoms with van der Waals surface area (Å²) >= 11 is 1.85. The van der Waals surface area contributed by atoms with Crippen LogP contribution in [0.25, 0.3) is 75.1 Å². The van der Waals surface area contributed by atoms with Crippen LogP contribution in [0, 0.1) is 0 Å². The van der Waals surface area contributed by atoms with Gasteiger partial charge in [-0.3, -0.25) is 0 Å². The number of rotatable bonds is 5. The second-order valence-corrected chi connectivity index (χ2v) is 13.6. The molecule has 10 aromatic rings. The van der Waals surface area contributed by atoms with Crippen molar-refractivity contribution in [2.45, 2.75) is 0 Å². The Balaban J connectivity index is 1.09. The zero-order valence-electron chi connectivity index (χ0n) is 26.5. The summed E-state index contributed by atoms with van der Waals surface area (Å²) in [7, 11) is 0. The highest BCUT2D eigenvalue weighted by molar-refractivity contribution is 7.26. The number of anilines is 3. The van der Waals surface area contributed by atoms with E-state index in [4.69, 9.17) is 4.42 Å². The lowest BCUT2D eigenvalue weighted by Crippen LogP contribution is -2.10. The van der Waals surface area contributed by atoms with Crippen molar-refractivity contribution in [2.75, 3.05) is 4.90 Å². The van der Waals surface area contributed by atoms with E-state index in [2.05, 4.69) is 169 Å². The monoisotopic (exact) mass is 643 g/mol. The molecule has 0 aliphatic rings. The SMILES string of the molecule is c1ccc(-c2ccc3cc(-c4ccc(N(c5ccc6c(c5)oc5ccccc56)c5cccc6c5sc5ccccc56)cc4)ccc3c2)cc1. The van der Waals surface area contributed by atoms with E-state index < -0.39 is 0 Å². The van der Waals surface area contributed by atoms with Crippen LogP contribution in [0.3, 0.4) is 0 Å². The lowest BCUT2D eigenvalue weighted by Gasteiger charge is -2.26. The summed E-state index contributed by atoms with van der Waals surface area (Å²) in [6.07, 6.45) is 0. The fourth-order valence-corrected chi connectivity index (χ4v) is 8.43. The van der Waals surface area contributed by atoms with Gasteiger partial charge in [0, 0.05) is 43.7 Å². The summed E-state index contributed by atoms with van der Waals surface area (Å²) in [6.45, 7) is 0. The lowest BCUT2D eigenvalue weighted by molar-refractivity contribution is 0.669. The highest BCUT2D eigenvalue weighted by Gasteiger charge is 2.19. The quantitative estimate of drug-likeness (QED) is 0.186. The fraction of sp³-hybridized carbons (Fsp3) is 0. The second-order valence-electron chi connectivity index (χ2n) is 12.6. The molecule has 2 nitrogen and oxygen atoms in total. The lowest BCUT2D eigenvalue weighted by atomic mass is 9.97. The summed E-state index contributed by atoms with van der Waals surface area (Å²) in [4.78, 5) is 2.37. The van der Waals surface area contributed by atoms with Gasteiger partial charge in [-0.1, -0.05) is 115 Å². The van der Waals surface area contributed by atoms with Crippen molar-refractivity contribution < 1.29 is 4.42 Å². The van der Waals surface area contributed by atoms with E-state index >= 15 is 0 Å². The molecular formula is C46H29NOS. The fourth-order valence-electron chi connectivity index (χ4n) is 7.23. The molecule has 0 aliphatic carbocycles. The first-order valence-electron chi connectivity index (χ1n) is 16.6. The third-order valence-corrected chi connectivity index (χ3v) is 10.9. The van der Waals surface area contributed by atoms with Gasteiger partial charge in [-0.2, -0.15) is 0 Å². The molecular weight excluding hydrogens is 615 g/mol. The maximum atomic E-state index is 6.37. The van der Waals surface area contributed by atoms with Crippen LogP contribution in [0.15, 0.2) is 180 Å². The van der Waals surface area contributed by atoms with Gasteiger partial charge < -0.3 is 9.32 Å². The number of fused-ring (bicyclic) bond motifs is 7. The molecule has 230 valence electrons. The molecule has 0 aliphatic heterocycles.